The van der Waals surface area contributed by atoms with E-state index in [1.807, 2.05) is 24.3 Å². The van der Waals surface area contributed by atoms with E-state index in [0.717, 1.165) is 10.0 Å². The summed E-state index contributed by atoms with van der Waals surface area (Å²) in [4.78, 5) is 0.120. The largest absolute Gasteiger partial charge is 0.323 e. The molecular weight excluding hydrogens is 354 g/mol. The molecule has 0 aliphatic carbocycles. The number of anilines is 1. The molecule has 7 heteroatoms. The van der Waals surface area contributed by atoms with E-state index in [1.54, 1.807) is 25.1 Å². The van der Waals surface area contributed by atoms with Crippen LogP contribution in [0, 0.1) is 0 Å². The Hall–Kier alpha value is -1.41. The van der Waals surface area contributed by atoms with Crippen molar-refractivity contribution in [3.05, 3.63) is 58.6 Å². The minimum Gasteiger partial charge on any atom is -0.323 e. The summed E-state index contributed by atoms with van der Waals surface area (Å²) in [6, 6.07) is 13.6. The molecule has 0 radical (unpaired) electrons. The van der Waals surface area contributed by atoms with Crippen molar-refractivity contribution in [1.82, 2.24) is 4.72 Å². The molecule has 0 aliphatic heterocycles. The number of hydrogen-bond acceptors (Lipinski definition) is 4. The Kier molecular flexibility index (Phi) is 5.00. The van der Waals surface area contributed by atoms with Gasteiger partial charge in [-0.1, -0.05) is 40.2 Å². The van der Waals surface area contributed by atoms with E-state index in [0.29, 0.717) is 5.69 Å². The number of nitrogens with two attached hydrogens (primary N) is 1. The SMILES string of the molecule is CC(NS(=O)(=O)c1ccccc1NN)c1cccc(Br)c1. The van der Waals surface area contributed by atoms with Crippen molar-refractivity contribution in [3.8, 4) is 0 Å². The highest BCUT2D eigenvalue weighted by Crippen LogP contribution is 2.23. The van der Waals surface area contributed by atoms with Gasteiger partial charge >= 0.3 is 0 Å². The Bertz CT molecular complexity index is 735. The van der Waals surface area contributed by atoms with Gasteiger partial charge in [0, 0.05) is 10.5 Å². The number of hydrazine groups is 1. The quantitative estimate of drug-likeness (QED) is 0.558. The van der Waals surface area contributed by atoms with Crippen LogP contribution < -0.4 is 16.0 Å². The van der Waals surface area contributed by atoms with E-state index in [2.05, 4.69) is 26.1 Å². The predicted molar refractivity (Wildman–Crippen MR) is 87.1 cm³/mol. The molecule has 112 valence electrons. The van der Waals surface area contributed by atoms with E-state index in [1.165, 1.54) is 6.07 Å². The Labute approximate surface area is 132 Å². The topological polar surface area (TPSA) is 84.2 Å². The number of hydrogen-bond donors (Lipinski definition) is 3. The van der Waals surface area contributed by atoms with Gasteiger partial charge in [0.15, 0.2) is 0 Å². The van der Waals surface area contributed by atoms with Crippen LogP contribution in [0.25, 0.3) is 0 Å². The second kappa shape index (κ2) is 6.57. The molecule has 0 saturated carbocycles. The van der Waals surface area contributed by atoms with Crippen LogP contribution in [0.4, 0.5) is 5.69 Å². The average molecular weight is 370 g/mol. The smallest absolute Gasteiger partial charge is 0.243 e. The monoisotopic (exact) mass is 369 g/mol. The first-order valence-corrected chi connectivity index (χ1v) is 8.55. The summed E-state index contributed by atoms with van der Waals surface area (Å²) >= 11 is 3.37. The van der Waals surface area contributed by atoms with Gasteiger partial charge in [0.25, 0.3) is 0 Å². The van der Waals surface area contributed by atoms with Gasteiger partial charge in [-0.25, -0.2) is 13.1 Å². The highest BCUT2D eigenvalue weighted by Gasteiger charge is 2.21. The lowest BCUT2D eigenvalue weighted by Crippen LogP contribution is -2.28. The first kappa shape index (κ1) is 16.0. The van der Waals surface area contributed by atoms with Gasteiger partial charge in [-0.05, 0) is 36.8 Å². The molecule has 0 saturated heterocycles. The van der Waals surface area contributed by atoms with Crippen LogP contribution in [-0.4, -0.2) is 8.42 Å². The van der Waals surface area contributed by atoms with Gasteiger partial charge < -0.3 is 5.43 Å². The minimum atomic E-state index is -3.67. The Balaban J connectivity index is 2.29. The summed E-state index contributed by atoms with van der Waals surface area (Å²) < 4.78 is 28.5. The van der Waals surface area contributed by atoms with Crippen molar-refractivity contribution in [2.24, 2.45) is 5.84 Å². The zero-order chi connectivity index (χ0) is 15.5. The van der Waals surface area contributed by atoms with Crippen molar-refractivity contribution in [2.45, 2.75) is 17.9 Å². The van der Waals surface area contributed by atoms with E-state index < -0.39 is 10.0 Å². The third kappa shape index (κ3) is 3.82. The number of sulfonamides is 1. The molecule has 2 aromatic rings. The first-order chi connectivity index (χ1) is 9.94. The van der Waals surface area contributed by atoms with Gasteiger partial charge in [0.2, 0.25) is 10.0 Å². The van der Waals surface area contributed by atoms with Crippen molar-refractivity contribution in [1.29, 1.82) is 0 Å². The summed E-state index contributed by atoms with van der Waals surface area (Å²) in [6.07, 6.45) is 0. The van der Waals surface area contributed by atoms with Crippen LogP contribution in [-0.2, 0) is 10.0 Å². The molecule has 5 nitrogen and oxygen atoms in total. The van der Waals surface area contributed by atoms with Crippen LogP contribution >= 0.6 is 15.9 Å². The molecule has 0 aromatic heterocycles. The standard InChI is InChI=1S/C14H16BrN3O2S/c1-10(11-5-4-6-12(15)9-11)18-21(19,20)14-8-3-2-7-13(14)17-16/h2-10,17-18H,16H2,1H3. The molecule has 0 fully saturated rings. The molecular formula is C14H16BrN3O2S. The van der Waals surface area contributed by atoms with Crippen molar-refractivity contribution in [3.63, 3.8) is 0 Å². The van der Waals surface area contributed by atoms with Crippen LogP contribution in [0.15, 0.2) is 57.9 Å². The molecule has 0 aliphatic rings. The van der Waals surface area contributed by atoms with Crippen LogP contribution in [0.2, 0.25) is 0 Å². The van der Waals surface area contributed by atoms with Gasteiger partial charge in [-0.2, -0.15) is 0 Å². The number of benzene rings is 2. The fourth-order valence-corrected chi connectivity index (χ4v) is 3.78. The zero-order valence-corrected chi connectivity index (χ0v) is 13.8. The summed E-state index contributed by atoms with van der Waals surface area (Å²) in [7, 11) is -3.67. The normalized spacial score (nSPS) is 12.9. The van der Waals surface area contributed by atoms with Gasteiger partial charge in [0.05, 0.1) is 5.69 Å². The number of nitrogen functional groups attached to an aromatic ring is 1. The number of rotatable bonds is 5. The average Bonchev–Trinajstić information content (AvgIpc) is 2.46. The van der Waals surface area contributed by atoms with E-state index >= 15 is 0 Å². The van der Waals surface area contributed by atoms with Crippen molar-refractivity contribution in [2.75, 3.05) is 5.43 Å². The number of halogens is 1. The van der Waals surface area contributed by atoms with Crippen LogP contribution in [0.1, 0.15) is 18.5 Å². The molecule has 0 bridgehead atoms. The molecule has 1 atom stereocenters. The number of para-hydroxylation sites is 1. The van der Waals surface area contributed by atoms with Gasteiger partial charge in [0.1, 0.15) is 4.90 Å². The molecule has 0 heterocycles. The third-order valence-corrected chi connectivity index (χ3v) is 5.10. The summed E-state index contributed by atoms with van der Waals surface area (Å²) in [5.41, 5.74) is 3.62. The molecule has 21 heavy (non-hydrogen) atoms. The lowest BCUT2D eigenvalue weighted by molar-refractivity contribution is 0.567. The highest BCUT2D eigenvalue weighted by molar-refractivity contribution is 9.10. The Morgan fingerprint density at radius 1 is 1.14 bits per heavy atom. The Morgan fingerprint density at radius 2 is 1.86 bits per heavy atom. The zero-order valence-electron chi connectivity index (χ0n) is 11.4. The lowest BCUT2D eigenvalue weighted by Gasteiger charge is -2.16. The maximum Gasteiger partial charge on any atom is 0.243 e. The second-order valence-electron chi connectivity index (χ2n) is 4.54. The molecule has 2 rings (SSSR count). The van der Waals surface area contributed by atoms with Crippen LogP contribution in [0.5, 0.6) is 0 Å². The first-order valence-electron chi connectivity index (χ1n) is 6.27. The van der Waals surface area contributed by atoms with Crippen molar-refractivity contribution >= 4 is 31.6 Å². The third-order valence-electron chi connectivity index (χ3n) is 3.01. The summed E-state index contributed by atoms with van der Waals surface area (Å²) in [5.74, 6) is 5.36. The summed E-state index contributed by atoms with van der Waals surface area (Å²) in [5, 5.41) is 0. The van der Waals surface area contributed by atoms with E-state index in [4.69, 9.17) is 5.84 Å². The number of nitrogens with one attached hydrogen (secondary N) is 2. The fraction of sp³-hybridized carbons (Fsp3) is 0.143. The maximum absolute atomic E-state index is 12.5. The lowest BCUT2D eigenvalue weighted by atomic mass is 10.1. The molecule has 0 spiro atoms. The van der Waals surface area contributed by atoms with Gasteiger partial charge in [-0.3, -0.25) is 5.84 Å². The van der Waals surface area contributed by atoms with E-state index in [9.17, 15) is 8.42 Å². The van der Waals surface area contributed by atoms with Gasteiger partial charge in [-0.15, -0.1) is 0 Å². The highest BCUT2D eigenvalue weighted by atomic mass is 79.9. The molecule has 2 aromatic carbocycles. The molecule has 0 amide bonds. The summed E-state index contributed by atoms with van der Waals surface area (Å²) in [6.45, 7) is 1.79. The van der Waals surface area contributed by atoms with Crippen molar-refractivity contribution < 1.29 is 8.42 Å². The predicted octanol–water partition coefficient (Wildman–Crippen LogP) is 2.77. The van der Waals surface area contributed by atoms with Crippen LogP contribution in [0.3, 0.4) is 0 Å². The fourth-order valence-electron chi connectivity index (χ4n) is 1.96. The molecule has 1 unspecified atom stereocenters. The second-order valence-corrected chi connectivity index (χ2v) is 7.14. The Morgan fingerprint density at radius 3 is 2.52 bits per heavy atom. The van der Waals surface area contributed by atoms with E-state index in [-0.39, 0.29) is 10.9 Å². The molecule has 4 N–H and O–H groups in total. The minimum absolute atomic E-state index is 0.120. The maximum atomic E-state index is 12.5.